The summed E-state index contributed by atoms with van der Waals surface area (Å²) in [5.41, 5.74) is 0. The van der Waals surface area contributed by atoms with Crippen LogP contribution in [0.3, 0.4) is 0 Å². The van der Waals surface area contributed by atoms with E-state index in [2.05, 4.69) is 0 Å². The lowest BCUT2D eigenvalue weighted by molar-refractivity contribution is -0.138. The van der Waals surface area contributed by atoms with Crippen molar-refractivity contribution in [3.8, 4) is 0 Å². The van der Waals surface area contributed by atoms with E-state index in [0.29, 0.717) is 5.20 Å². The van der Waals surface area contributed by atoms with Crippen molar-refractivity contribution in [2.24, 2.45) is 0 Å². The average Bonchev–Trinajstić information content (AvgIpc) is 2.30. The number of ether oxygens (including phenoxy) is 1. The van der Waals surface area contributed by atoms with Gasteiger partial charge in [0.2, 0.25) is 0 Å². The maximum Gasteiger partial charge on any atom is 0.330 e. The molecule has 0 aliphatic rings. The maximum atomic E-state index is 11.9. The molecule has 0 bridgehead atoms. The van der Waals surface area contributed by atoms with E-state index < -0.39 is 20.0 Å². The Balaban J connectivity index is 5.43. The highest BCUT2D eigenvalue weighted by Gasteiger charge is 2.37. The molecule has 0 aliphatic heterocycles. The van der Waals surface area contributed by atoms with Gasteiger partial charge in [-0.3, -0.25) is 0 Å². The molecular weight excluding hydrogens is 236 g/mol. The Morgan fingerprint density at radius 2 is 1.59 bits per heavy atom. The molecule has 0 amide bonds. The summed E-state index contributed by atoms with van der Waals surface area (Å²) in [6.07, 6.45) is 1.06. The molecule has 0 saturated carbocycles. The van der Waals surface area contributed by atoms with E-state index in [1.54, 1.807) is 6.92 Å². The summed E-state index contributed by atoms with van der Waals surface area (Å²) in [5.74, 6) is -1.52. The highest BCUT2D eigenvalue weighted by atomic mass is 28.3. The fourth-order valence-corrected chi connectivity index (χ4v) is 5.66. The van der Waals surface area contributed by atoms with E-state index in [1.165, 1.54) is 0 Å². The van der Waals surface area contributed by atoms with Gasteiger partial charge in [-0.15, -0.1) is 0 Å². The molecule has 0 saturated heterocycles. The van der Waals surface area contributed by atoms with Crippen LogP contribution in [0.4, 0.5) is 0 Å². The van der Waals surface area contributed by atoms with Crippen molar-refractivity contribution in [2.45, 2.75) is 45.8 Å². The minimum atomic E-state index is -2.00. The van der Waals surface area contributed by atoms with Crippen LogP contribution in [-0.4, -0.2) is 31.7 Å². The Morgan fingerprint density at radius 3 is 1.88 bits per heavy atom. The second kappa shape index (κ2) is 7.27. The SMILES string of the molecule is CCOC(=O)/C(=C/C(=O)O)[Si](CC)(CC)CC. The molecule has 0 heterocycles. The van der Waals surface area contributed by atoms with Gasteiger partial charge in [0.25, 0.3) is 0 Å². The van der Waals surface area contributed by atoms with Crippen molar-refractivity contribution in [2.75, 3.05) is 6.61 Å². The molecule has 0 aliphatic carbocycles. The van der Waals surface area contributed by atoms with E-state index in [4.69, 9.17) is 9.84 Å². The molecule has 0 aromatic carbocycles. The Kier molecular flexibility index (Phi) is 6.80. The molecule has 0 aromatic heterocycles. The second-order valence-corrected chi connectivity index (χ2v) is 9.18. The number of hydrogen-bond donors (Lipinski definition) is 1. The van der Waals surface area contributed by atoms with E-state index in [0.717, 1.165) is 24.2 Å². The van der Waals surface area contributed by atoms with Crippen LogP contribution in [0.1, 0.15) is 27.7 Å². The summed E-state index contributed by atoms with van der Waals surface area (Å²) in [5, 5.41) is 9.31. The third kappa shape index (κ3) is 4.00. The summed E-state index contributed by atoms with van der Waals surface area (Å²) in [6, 6.07) is 2.58. The van der Waals surface area contributed by atoms with Crippen LogP contribution in [0.15, 0.2) is 11.3 Å². The molecule has 0 aromatic rings. The number of hydrogen-bond acceptors (Lipinski definition) is 3. The van der Waals surface area contributed by atoms with Crippen LogP contribution >= 0.6 is 0 Å². The first kappa shape index (κ1) is 15.9. The van der Waals surface area contributed by atoms with Crippen LogP contribution in [0.2, 0.25) is 18.1 Å². The van der Waals surface area contributed by atoms with Gasteiger partial charge in [0, 0.05) is 11.3 Å². The Bertz CT molecular complexity index is 297. The van der Waals surface area contributed by atoms with Gasteiger partial charge in [-0.1, -0.05) is 38.9 Å². The van der Waals surface area contributed by atoms with Crippen molar-refractivity contribution in [3.63, 3.8) is 0 Å². The molecule has 5 heteroatoms. The first-order valence-corrected chi connectivity index (χ1v) is 8.71. The smallest absolute Gasteiger partial charge is 0.330 e. The molecule has 0 rings (SSSR count). The van der Waals surface area contributed by atoms with E-state index in [-0.39, 0.29) is 6.61 Å². The van der Waals surface area contributed by atoms with Crippen molar-refractivity contribution in [1.29, 1.82) is 0 Å². The minimum Gasteiger partial charge on any atom is -0.478 e. The van der Waals surface area contributed by atoms with Gasteiger partial charge in [0.15, 0.2) is 0 Å². The van der Waals surface area contributed by atoms with E-state index in [9.17, 15) is 9.59 Å². The molecular formula is C12H22O4Si. The molecule has 0 radical (unpaired) electrons. The normalized spacial score (nSPS) is 12.4. The third-order valence-corrected chi connectivity index (χ3v) is 8.92. The first-order chi connectivity index (χ1) is 7.97. The number of rotatable bonds is 7. The molecule has 0 spiro atoms. The summed E-state index contributed by atoms with van der Waals surface area (Å²) < 4.78 is 4.98. The zero-order chi connectivity index (χ0) is 13.5. The fourth-order valence-electron chi connectivity index (χ4n) is 2.08. The number of aliphatic carboxylic acids is 1. The maximum absolute atomic E-state index is 11.9. The Morgan fingerprint density at radius 1 is 1.12 bits per heavy atom. The summed E-state index contributed by atoms with van der Waals surface area (Å²) >= 11 is 0. The number of esters is 1. The van der Waals surface area contributed by atoms with Crippen LogP contribution in [0.5, 0.6) is 0 Å². The molecule has 4 nitrogen and oxygen atoms in total. The lowest BCUT2D eigenvalue weighted by Crippen LogP contribution is -2.39. The predicted molar refractivity (Wildman–Crippen MR) is 69.5 cm³/mol. The molecule has 98 valence electrons. The van der Waals surface area contributed by atoms with Crippen molar-refractivity contribution >= 4 is 20.0 Å². The van der Waals surface area contributed by atoms with E-state index >= 15 is 0 Å². The van der Waals surface area contributed by atoms with Gasteiger partial charge in [0.05, 0.1) is 14.7 Å². The van der Waals surface area contributed by atoms with Gasteiger partial charge < -0.3 is 9.84 Å². The average molecular weight is 258 g/mol. The lowest BCUT2D eigenvalue weighted by Gasteiger charge is -2.29. The van der Waals surface area contributed by atoms with Crippen molar-refractivity contribution < 1.29 is 19.4 Å². The van der Waals surface area contributed by atoms with E-state index in [1.807, 2.05) is 20.8 Å². The van der Waals surface area contributed by atoms with Gasteiger partial charge >= 0.3 is 11.9 Å². The summed E-state index contributed by atoms with van der Waals surface area (Å²) in [4.78, 5) is 22.7. The molecule has 0 atom stereocenters. The largest absolute Gasteiger partial charge is 0.478 e. The Hall–Kier alpha value is -1.10. The predicted octanol–water partition coefficient (Wildman–Crippen LogP) is 2.61. The minimum absolute atomic E-state index is 0.275. The number of carboxylic acid groups (broad SMARTS) is 1. The summed E-state index contributed by atoms with van der Waals surface area (Å²) in [6.45, 7) is 8.07. The zero-order valence-electron chi connectivity index (χ0n) is 11.1. The standard InChI is InChI=1S/C12H22O4Si/c1-5-16-12(15)10(9-11(13)14)17(6-2,7-3)8-4/h9H,5-8H2,1-4H3,(H,13,14)/b10-9-. The molecule has 0 fully saturated rings. The van der Waals surface area contributed by atoms with Gasteiger partial charge in [0.1, 0.15) is 0 Å². The van der Waals surface area contributed by atoms with Gasteiger partial charge in [-0.05, 0) is 6.92 Å². The van der Waals surface area contributed by atoms with Gasteiger partial charge in [-0.2, -0.15) is 0 Å². The highest BCUT2D eigenvalue weighted by Crippen LogP contribution is 2.29. The molecule has 0 unspecified atom stereocenters. The third-order valence-electron chi connectivity index (χ3n) is 3.36. The monoisotopic (exact) mass is 258 g/mol. The summed E-state index contributed by atoms with van der Waals surface area (Å²) in [7, 11) is -2.00. The lowest BCUT2D eigenvalue weighted by atomic mass is 10.5. The van der Waals surface area contributed by atoms with Crippen LogP contribution in [0.25, 0.3) is 0 Å². The second-order valence-electron chi connectivity index (χ2n) is 3.96. The number of carbonyl (C=O) groups excluding carboxylic acids is 1. The van der Waals surface area contributed by atoms with Crippen molar-refractivity contribution in [1.82, 2.24) is 0 Å². The van der Waals surface area contributed by atoms with Crippen LogP contribution in [0, 0.1) is 0 Å². The first-order valence-electron chi connectivity index (χ1n) is 6.09. The molecule has 17 heavy (non-hydrogen) atoms. The number of carbonyl (C=O) groups is 2. The number of carboxylic acids is 1. The Labute approximate surface area is 104 Å². The van der Waals surface area contributed by atoms with Crippen molar-refractivity contribution in [3.05, 3.63) is 11.3 Å². The van der Waals surface area contributed by atoms with Crippen LogP contribution in [-0.2, 0) is 14.3 Å². The quantitative estimate of drug-likeness (QED) is 0.433. The fraction of sp³-hybridized carbons (Fsp3) is 0.667. The van der Waals surface area contributed by atoms with Crippen LogP contribution < -0.4 is 0 Å². The van der Waals surface area contributed by atoms with Gasteiger partial charge in [-0.25, -0.2) is 9.59 Å². The zero-order valence-corrected chi connectivity index (χ0v) is 12.1. The highest BCUT2D eigenvalue weighted by molar-refractivity contribution is 6.90. The topological polar surface area (TPSA) is 63.6 Å². The molecule has 1 N–H and O–H groups in total.